The molecular weight excluding hydrogens is 346 g/mol. The summed E-state index contributed by atoms with van der Waals surface area (Å²) in [6.45, 7) is 1.58. The highest BCUT2D eigenvalue weighted by Gasteiger charge is 2.12. The molecule has 0 bridgehead atoms. The van der Waals surface area contributed by atoms with E-state index in [1.807, 2.05) is 24.3 Å². The van der Waals surface area contributed by atoms with Gasteiger partial charge in [-0.25, -0.2) is 4.39 Å². The summed E-state index contributed by atoms with van der Waals surface area (Å²) in [4.78, 5) is 0. The predicted octanol–water partition coefficient (Wildman–Crippen LogP) is 4.28. The van der Waals surface area contributed by atoms with Crippen LogP contribution in [0.2, 0.25) is 0 Å². The molecule has 0 saturated heterocycles. The first-order chi connectivity index (χ1) is 8.58. The third-order valence-corrected chi connectivity index (χ3v) is 3.37. The largest absolute Gasteiger partial charge is 0.456 e. The van der Waals surface area contributed by atoms with Gasteiger partial charge in [-0.2, -0.15) is 0 Å². The Labute approximate surface area is 119 Å². The van der Waals surface area contributed by atoms with Gasteiger partial charge in [0.15, 0.2) is 0 Å². The van der Waals surface area contributed by atoms with E-state index in [2.05, 4.69) is 22.6 Å². The molecule has 1 N–H and O–H groups in total. The van der Waals surface area contributed by atoms with Crippen LogP contribution >= 0.6 is 22.6 Å². The summed E-state index contributed by atoms with van der Waals surface area (Å²) in [6.07, 6.45) is -0.780. The second-order valence-electron chi connectivity index (χ2n) is 3.89. The van der Waals surface area contributed by atoms with E-state index in [0.29, 0.717) is 17.1 Å². The number of aliphatic hydroxyl groups is 1. The fourth-order valence-electron chi connectivity index (χ4n) is 1.58. The third-order valence-electron chi connectivity index (χ3n) is 2.48. The van der Waals surface area contributed by atoms with Crippen molar-refractivity contribution >= 4 is 22.6 Å². The number of ether oxygens (including phenoxy) is 1. The van der Waals surface area contributed by atoms with Gasteiger partial charge in [0.1, 0.15) is 17.3 Å². The van der Waals surface area contributed by atoms with Crippen molar-refractivity contribution in [3.63, 3.8) is 0 Å². The second kappa shape index (κ2) is 5.67. The van der Waals surface area contributed by atoms with Crippen LogP contribution in [0.15, 0.2) is 42.5 Å². The maximum atomic E-state index is 13.2. The molecule has 0 amide bonds. The third kappa shape index (κ3) is 3.00. The molecule has 94 valence electrons. The first kappa shape index (κ1) is 13.3. The highest BCUT2D eigenvalue weighted by molar-refractivity contribution is 14.1. The average molecular weight is 358 g/mol. The van der Waals surface area contributed by atoms with E-state index >= 15 is 0 Å². The molecule has 0 radical (unpaired) electrons. The lowest BCUT2D eigenvalue weighted by atomic mass is 10.1. The Kier molecular flexibility index (Phi) is 4.19. The molecule has 0 heterocycles. The summed E-state index contributed by atoms with van der Waals surface area (Å²) in [5, 5.41) is 9.63. The monoisotopic (exact) mass is 358 g/mol. The van der Waals surface area contributed by atoms with Crippen LogP contribution in [0.25, 0.3) is 0 Å². The van der Waals surface area contributed by atoms with Gasteiger partial charge < -0.3 is 9.84 Å². The standard InChI is InChI=1S/C14H12FIO2/c1-9(17)11-8-10(15)6-7-13(11)18-14-5-3-2-4-12(14)16/h2-9,17H,1H3/t9-/m1/s1. The minimum Gasteiger partial charge on any atom is -0.456 e. The summed E-state index contributed by atoms with van der Waals surface area (Å²) in [5.41, 5.74) is 0.439. The highest BCUT2D eigenvalue weighted by atomic mass is 127. The predicted molar refractivity (Wildman–Crippen MR) is 76.3 cm³/mol. The lowest BCUT2D eigenvalue weighted by molar-refractivity contribution is 0.195. The van der Waals surface area contributed by atoms with Gasteiger partial charge in [0.25, 0.3) is 0 Å². The number of hydrogen-bond acceptors (Lipinski definition) is 2. The van der Waals surface area contributed by atoms with E-state index in [-0.39, 0.29) is 5.82 Å². The Balaban J connectivity index is 2.37. The van der Waals surface area contributed by atoms with Crippen LogP contribution in [0.5, 0.6) is 11.5 Å². The fourth-order valence-corrected chi connectivity index (χ4v) is 2.08. The maximum Gasteiger partial charge on any atom is 0.140 e. The summed E-state index contributed by atoms with van der Waals surface area (Å²) >= 11 is 2.16. The minimum absolute atomic E-state index is 0.388. The Morgan fingerprint density at radius 3 is 2.56 bits per heavy atom. The molecule has 2 nitrogen and oxygen atoms in total. The van der Waals surface area contributed by atoms with Gasteiger partial charge in [-0.05, 0) is 59.8 Å². The molecule has 2 aromatic carbocycles. The molecule has 0 aliphatic carbocycles. The van der Waals surface area contributed by atoms with E-state index in [9.17, 15) is 9.50 Å². The number of aliphatic hydroxyl groups excluding tert-OH is 1. The van der Waals surface area contributed by atoms with Gasteiger partial charge in [-0.15, -0.1) is 0 Å². The minimum atomic E-state index is -0.780. The maximum absolute atomic E-state index is 13.2. The van der Waals surface area contributed by atoms with Crippen molar-refractivity contribution in [1.29, 1.82) is 0 Å². The molecule has 0 fully saturated rings. The van der Waals surface area contributed by atoms with Gasteiger partial charge >= 0.3 is 0 Å². The van der Waals surface area contributed by atoms with E-state index in [1.54, 1.807) is 6.92 Å². The number of rotatable bonds is 3. The fraction of sp³-hybridized carbons (Fsp3) is 0.143. The number of benzene rings is 2. The lowest BCUT2D eigenvalue weighted by Crippen LogP contribution is -1.97. The Bertz CT molecular complexity index is 555. The quantitative estimate of drug-likeness (QED) is 0.831. The summed E-state index contributed by atoms with van der Waals surface area (Å²) in [7, 11) is 0. The van der Waals surface area contributed by atoms with Gasteiger partial charge in [0, 0.05) is 5.56 Å². The molecule has 0 spiro atoms. The van der Waals surface area contributed by atoms with Gasteiger partial charge in [0.05, 0.1) is 9.67 Å². The van der Waals surface area contributed by atoms with Crippen LogP contribution in [0.3, 0.4) is 0 Å². The van der Waals surface area contributed by atoms with E-state index < -0.39 is 6.10 Å². The number of halogens is 2. The smallest absolute Gasteiger partial charge is 0.140 e. The highest BCUT2D eigenvalue weighted by Crippen LogP contribution is 2.32. The Morgan fingerprint density at radius 2 is 1.89 bits per heavy atom. The van der Waals surface area contributed by atoms with Gasteiger partial charge in [-0.3, -0.25) is 0 Å². The Morgan fingerprint density at radius 1 is 1.17 bits per heavy atom. The number of para-hydroxylation sites is 1. The first-order valence-corrected chi connectivity index (χ1v) is 6.55. The zero-order valence-electron chi connectivity index (χ0n) is 9.73. The first-order valence-electron chi connectivity index (χ1n) is 5.48. The number of hydrogen-bond donors (Lipinski definition) is 1. The summed E-state index contributed by atoms with van der Waals surface area (Å²) in [6, 6.07) is 11.7. The van der Waals surface area contributed by atoms with E-state index in [1.165, 1.54) is 18.2 Å². The molecular formula is C14H12FIO2. The van der Waals surface area contributed by atoms with Crippen molar-refractivity contribution in [1.82, 2.24) is 0 Å². The van der Waals surface area contributed by atoms with Crippen LogP contribution in [0.4, 0.5) is 4.39 Å². The van der Waals surface area contributed by atoms with Crippen molar-refractivity contribution in [2.45, 2.75) is 13.0 Å². The molecule has 2 rings (SSSR count). The molecule has 1 atom stereocenters. The van der Waals surface area contributed by atoms with Crippen molar-refractivity contribution in [3.05, 3.63) is 57.4 Å². The summed E-state index contributed by atoms with van der Waals surface area (Å²) < 4.78 is 19.8. The zero-order chi connectivity index (χ0) is 13.1. The van der Waals surface area contributed by atoms with Crippen molar-refractivity contribution in [2.24, 2.45) is 0 Å². The van der Waals surface area contributed by atoms with Crippen LogP contribution < -0.4 is 4.74 Å². The van der Waals surface area contributed by atoms with Crippen molar-refractivity contribution in [2.75, 3.05) is 0 Å². The van der Waals surface area contributed by atoms with E-state index in [4.69, 9.17) is 4.74 Å². The van der Waals surface area contributed by atoms with Crippen LogP contribution in [-0.4, -0.2) is 5.11 Å². The molecule has 0 aliphatic rings. The topological polar surface area (TPSA) is 29.5 Å². The molecule has 18 heavy (non-hydrogen) atoms. The molecule has 2 aromatic rings. The normalized spacial score (nSPS) is 12.2. The summed E-state index contributed by atoms with van der Waals surface area (Å²) in [5.74, 6) is 0.767. The van der Waals surface area contributed by atoms with Gasteiger partial charge in [-0.1, -0.05) is 12.1 Å². The molecule has 0 aromatic heterocycles. The van der Waals surface area contributed by atoms with Crippen LogP contribution in [0.1, 0.15) is 18.6 Å². The van der Waals surface area contributed by atoms with Crippen molar-refractivity contribution in [3.8, 4) is 11.5 Å². The molecule has 0 unspecified atom stereocenters. The van der Waals surface area contributed by atoms with Crippen LogP contribution in [0, 0.1) is 9.39 Å². The van der Waals surface area contributed by atoms with Crippen LogP contribution in [-0.2, 0) is 0 Å². The van der Waals surface area contributed by atoms with Crippen molar-refractivity contribution < 1.29 is 14.2 Å². The lowest BCUT2D eigenvalue weighted by Gasteiger charge is -2.14. The molecule has 0 aliphatic heterocycles. The van der Waals surface area contributed by atoms with Gasteiger partial charge in [0.2, 0.25) is 0 Å². The second-order valence-corrected chi connectivity index (χ2v) is 5.05. The average Bonchev–Trinajstić information content (AvgIpc) is 2.34. The molecule has 0 saturated carbocycles. The van der Waals surface area contributed by atoms with E-state index in [0.717, 1.165) is 3.57 Å². The molecule has 4 heteroatoms. The zero-order valence-corrected chi connectivity index (χ0v) is 11.9. The Hall–Kier alpha value is -1.14. The SMILES string of the molecule is C[C@@H](O)c1cc(F)ccc1Oc1ccccc1I.